The van der Waals surface area contributed by atoms with Crippen LogP contribution in [-0.4, -0.2) is 46.2 Å². The van der Waals surface area contributed by atoms with E-state index >= 15 is 0 Å². The number of methoxy groups -OCH3 is 4. The monoisotopic (exact) mass is 470 g/mol. The zero-order valence-corrected chi connectivity index (χ0v) is 20.9. The van der Waals surface area contributed by atoms with E-state index in [1.165, 1.54) is 0 Å². The largest absolute Gasteiger partial charge is 0.495 e. The molecule has 1 aliphatic carbocycles. The Bertz CT molecular complexity index is 1090. The highest BCUT2D eigenvalue weighted by molar-refractivity contribution is 5.87. The van der Waals surface area contributed by atoms with Gasteiger partial charge in [0.25, 0.3) is 0 Å². The van der Waals surface area contributed by atoms with E-state index in [1.807, 2.05) is 51.1 Å². The first-order chi connectivity index (χ1) is 16.1. The molecule has 0 aliphatic heterocycles. The normalized spacial score (nSPS) is 15.4. The van der Waals surface area contributed by atoms with Crippen molar-refractivity contribution in [3.05, 3.63) is 47.0 Å². The van der Waals surface area contributed by atoms with Crippen LogP contribution < -0.4 is 30.0 Å². The van der Waals surface area contributed by atoms with E-state index in [4.69, 9.17) is 29.4 Å². The first kappa shape index (κ1) is 25.1. The molecule has 1 amide bonds. The molecule has 34 heavy (non-hydrogen) atoms. The van der Waals surface area contributed by atoms with Gasteiger partial charge in [-0.25, -0.2) is 4.79 Å². The quantitative estimate of drug-likeness (QED) is 0.596. The minimum Gasteiger partial charge on any atom is -0.495 e. The topological polar surface area (TPSA) is 101 Å². The second kappa shape index (κ2) is 10.2. The number of nitrogen functional groups attached to an aromatic ring is 1. The van der Waals surface area contributed by atoms with Gasteiger partial charge >= 0.3 is 6.09 Å². The molecule has 0 fully saturated rings. The van der Waals surface area contributed by atoms with Crippen molar-refractivity contribution in [2.75, 3.05) is 34.2 Å². The average molecular weight is 471 g/mol. The molecule has 0 unspecified atom stereocenters. The van der Waals surface area contributed by atoms with Crippen LogP contribution in [0.4, 0.5) is 10.5 Å². The predicted molar refractivity (Wildman–Crippen MR) is 132 cm³/mol. The third-order valence-electron chi connectivity index (χ3n) is 5.54. The van der Waals surface area contributed by atoms with Crippen molar-refractivity contribution in [2.24, 2.45) is 0 Å². The number of rotatable bonds is 6. The molecule has 1 atom stereocenters. The maximum absolute atomic E-state index is 12.6. The van der Waals surface area contributed by atoms with Crippen LogP contribution in [0.5, 0.6) is 23.0 Å². The summed E-state index contributed by atoms with van der Waals surface area (Å²) in [6.45, 7) is 5.50. The van der Waals surface area contributed by atoms with Crippen molar-refractivity contribution in [3.63, 3.8) is 0 Å². The number of anilines is 1. The van der Waals surface area contributed by atoms with Crippen molar-refractivity contribution >= 4 is 17.4 Å². The lowest BCUT2D eigenvalue weighted by Crippen LogP contribution is -2.38. The summed E-state index contributed by atoms with van der Waals surface area (Å²) in [5.41, 5.74) is 9.75. The van der Waals surface area contributed by atoms with Crippen LogP contribution in [0.3, 0.4) is 0 Å². The molecular weight excluding hydrogens is 436 g/mol. The van der Waals surface area contributed by atoms with Crippen LogP contribution in [0.1, 0.15) is 43.9 Å². The number of hydrogen-bond acceptors (Lipinski definition) is 7. The summed E-state index contributed by atoms with van der Waals surface area (Å²) in [5.74, 6) is 2.26. The molecule has 0 spiro atoms. The van der Waals surface area contributed by atoms with Crippen LogP contribution in [-0.2, 0) is 11.2 Å². The molecule has 3 rings (SSSR count). The predicted octanol–water partition coefficient (Wildman–Crippen LogP) is 4.57. The molecule has 8 heteroatoms. The Morgan fingerprint density at radius 2 is 1.65 bits per heavy atom. The second-order valence-corrected chi connectivity index (χ2v) is 9.00. The summed E-state index contributed by atoms with van der Waals surface area (Å²) in [6.07, 6.45) is 2.80. The Labute approximate surface area is 201 Å². The third kappa shape index (κ3) is 5.32. The molecule has 2 aromatic rings. The van der Waals surface area contributed by atoms with Gasteiger partial charge in [0, 0.05) is 5.56 Å². The minimum absolute atomic E-state index is 0.290. The van der Waals surface area contributed by atoms with Crippen molar-refractivity contribution in [3.8, 4) is 23.0 Å². The zero-order valence-electron chi connectivity index (χ0n) is 20.9. The molecule has 8 nitrogen and oxygen atoms in total. The number of nitrogens with one attached hydrogen (secondary N) is 1. The lowest BCUT2D eigenvalue weighted by Gasteiger charge is -2.22. The average Bonchev–Trinajstić information content (AvgIpc) is 2.95. The van der Waals surface area contributed by atoms with Gasteiger partial charge in [-0.15, -0.1) is 0 Å². The highest BCUT2D eigenvalue weighted by Crippen LogP contribution is 2.47. The number of fused-ring (bicyclic) bond motifs is 1. The molecule has 2 aromatic carbocycles. The number of ether oxygens (including phenoxy) is 5. The fourth-order valence-electron chi connectivity index (χ4n) is 4.10. The van der Waals surface area contributed by atoms with Gasteiger partial charge in [-0.05, 0) is 68.5 Å². The van der Waals surface area contributed by atoms with Gasteiger partial charge < -0.3 is 34.7 Å². The Kier molecular flexibility index (Phi) is 7.49. The van der Waals surface area contributed by atoms with E-state index in [9.17, 15) is 4.79 Å². The standard InChI is InChI=1S/C26H34N2O6/c1-26(2,3)34-25(29)28-16-9-10-17-19(14-22(31-5)24(33-7)23(17)32-6)18(13-16)15-8-11-21(30-4)20(27)12-15/h8,11-14,16H,9-10,27H2,1-7H3,(H,28,29)/t16-/m1/s1. The van der Waals surface area contributed by atoms with Crippen molar-refractivity contribution < 1.29 is 28.5 Å². The summed E-state index contributed by atoms with van der Waals surface area (Å²) >= 11 is 0. The number of amides is 1. The number of benzene rings is 2. The number of carbonyl (C=O) groups is 1. The van der Waals surface area contributed by atoms with Crippen LogP contribution in [0, 0.1) is 0 Å². The second-order valence-electron chi connectivity index (χ2n) is 9.00. The fourth-order valence-corrected chi connectivity index (χ4v) is 4.10. The van der Waals surface area contributed by atoms with Crippen molar-refractivity contribution in [2.45, 2.75) is 45.3 Å². The molecule has 0 saturated heterocycles. The lowest BCUT2D eigenvalue weighted by atomic mass is 9.92. The number of carbonyl (C=O) groups excluding carboxylic acids is 1. The van der Waals surface area contributed by atoms with E-state index in [0.29, 0.717) is 41.5 Å². The van der Waals surface area contributed by atoms with Gasteiger partial charge in [0.1, 0.15) is 11.4 Å². The van der Waals surface area contributed by atoms with Crippen LogP contribution >= 0.6 is 0 Å². The molecule has 3 N–H and O–H groups in total. The molecule has 0 heterocycles. The summed E-state index contributed by atoms with van der Waals surface area (Å²) in [6, 6.07) is 7.25. The van der Waals surface area contributed by atoms with Crippen LogP contribution in [0.15, 0.2) is 30.3 Å². The first-order valence-corrected chi connectivity index (χ1v) is 11.1. The molecule has 184 valence electrons. The SMILES string of the molecule is COc1ccc(C2=C[C@H](NC(=O)OC(C)(C)C)CCc3c2cc(OC)c(OC)c3OC)cc1N. The van der Waals surface area contributed by atoms with Gasteiger partial charge in [0.05, 0.1) is 40.2 Å². The van der Waals surface area contributed by atoms with Gasteiger partial charge in [0.15, 0.2) is 11.5 Å². The smallest absolute Gasteiger partial charge is 0.408 e. The molecular formula is C26H34N2O6. The van der Waals surface area contributed by atoms with Gasteiger partial charge in [0.2, 0.25) is 5.75 Å². The number of nitrogens with two attached hydrogens (primary N) is 1. The van der Waals surface area contributed by atoms with Crippen molar-refractivity contribution in [1.82, 2.24) is 5.32 Å². The molecule has 0 aromatic heterocycles. The highest BCUT2D eigenvalue weighted by Gasteiger charge is 2.28. The first-order valence-electron chi connectivity index (χ1n) is 11.1. The molecule has 0 radical (unpaired) electrons. The fraction of sp³-hybridized carbons (Fsp3) is 0.423. The van der Waals surface area contributed by atoms with Crippen molar-refractivity contribution in [1.29, 1.82) is 0 Å². The van der Waals surface area contributed by atoms with E-state index in [-0.39, 0.29) is 6.04 Å². The summed E-state index contributed by atoms with van der Waals surface area (Å²) in [4.78, 5) is 12.6. The Hall–Kier alpha value is -3.55. The van der Waals surface area contributed by atoms with E-state index in [0.717, 1.165) is 22.3 Å². The van der Waals surface area contributed by atoms with Crippen LogP contribution in [0.25, 0.3) is 5.57 Å². The van der Waals surface area contributed by atoms with Gasteiger partial charge in [-0.2, -0.15) is 0 Å². The minimum atomic E-state index is -0.599. The van der Waals surface area contributed by atoms with Gasteiger partial charge in [-0.3, -0.25) is 0 Å². The molecule has 1 aliphatic rings. The Morgan fingerprint density at radius 1 is 0.971 bits per heavy atom. The maximum atomic E-state index is 12.6. The lowest BCUT2D eigenvalue weighted by molar-refractivity contribution is 0.0513. The summed E-state index contributed by atoms with van der Waals surface area (Å²) in [5, 5.41) is 2.99. The summed E-state index contributed by atoms with van der Waals surface area (Å²) < 4.78 is 27.8. The molecule has 0 saturated carbocycles. The van der Waals surface area contributed by atoms with E-state index in [2.05, 4.69) is 5.32 Å². The maximum Gasteiger partial charge on any atom is 0.408 e. The highest BCUT2D eigenvalue weighted by atomic mass is 16.6. The Morgan fingerprint density at radius 3 is 2.21 bits per heavy atom. The van der Waals surface area contributed by atoms with Crippen LogP contribution in [0.2, 0.25) is 0 Å². The summed E-state index contributed by atoms with van der Waals surface area (Å²) in [7, 11) is 6.35. The number of alkyl carbamates (subject to hydrolysis) is 1. The Balaban J connectivity index is 2.17. The number of hydrogen-bond donors (Lipinski definition) is 2. The van der Waals surface area contributed by atoms with E-state index in [1.54, 1.807) is 28.4 Å². The van der Waals surface area contributed by atoms with E-state index < -0.39 is 11.7 Å². The third-order valence-corrected chi connectivity index (χ3v) is 5.54. The van der Waals surface area contributed by atoms with Gasteiger partial charge in [-0.1, -0.05) is 12.1 Å². The molecule has 0 bridgehead atoms. The zero-order chi connectivity index (χ0) is 25.0.